The lowest BCUT2D eigenvalue weighted by atomic mass is 9.95. The third-order valence-electron chi connectivity index (χ3n) is 4.61. The minimum Gasteiger partial charge on any atom is -0.377 e. The van der Waals surface area contributed by atoms with Gasteiger partial charge >= 0.3 is 0 Å². The topological polar surface area (TPSA) is 84.0 Å². The van der Waals surface area contributed by atoms with Gasteiger partial charge in [0, 0.05) is 12.1 Å². The van der Waals surface area contributed by atoms with E-state index in [4.69, 9.17) is 4.74 Å². The van der Waals surface area contributed by atoms with Crippen LogP contribution in [0.4, 0.5) is 0 Å². The molecule has 1 aliphatic heterocycles. The average molecular weight is 343 g/mol. The normalized spacial score (nSPS) is 19.2. The zero-order valence-electron chi connectivity index (χ0n) is 15.0. The van der Waals surface area contributed by atoms with Gasteiger partial charge in [0.05, 0.1) is 25.2 Å². The third kappa shape index (κ3) is 4.04. The molecule has 1 aliphatic rings. The maximum Gasteiger partial charge on any atom is 0.230 e. The number of tetrazole rings is 1. The number of carbonyl (C=O) groups is 1. The van der Waals surface area contributed by atoms with Crippen LogP contribution < -0.4 is 0 Å². The van der Waals surface area contributed by atoms with Crippen LogP contribution in [0, 0.1) is 5.92 Å². The Labute approximate surface area is 147 Å². The Balaban J connectivity index is 1.78. The van der Waals surface area contributed by atoms with Crippen molar-refractivity contribution in [3.63, 3.8) is 0 Å². The Bertz CT molecular complexity index is 701. The summed E-state index contributed by atoms with van der Waals surface area (Å²) in [6, 6.07) is 7.94. The SMILES string of the molecule is CC(C)C[C@H]1COCCN1C(=O)C(C)c1cccc(-c2nn[nH]n2)c1. The molecule has 25 heavy (non-hydrogen) atoms. The summed E-state index contributed by atoms with van der Waals surface area (Å²) in [5, 5.41) is 14.1. The summed E-state index contributed by atoms with van der Waals surface area (Å²) in [6.07, 6.45) is 0.960. The van der Waals surface area contributed by atoms with Crippen LogP contribution in [0.15, 0.2) is 24.3 Å². The number of rotatable bonds is 5. The van der Waals surface area contributed by atoms with E-state index in [0.29, 0.717) is 31.5 Å². The monoisotopic (exact) mass is 343 g/mol. The zero-order chi connectivity index (χ0) is 17.8. The number of benzene rings is 1. The van der Waals surface area contributed by atoms with E-state index in [9.17, 15) is 4.79 Å². The lowest BCUT2D eigenvalue weighted by molar-refractivity contribution is -0.141. The molecule has 0 radical (unpaired) electrons. The fraction of sp³-hybridized carbons (Fsp3) is 0.556. The minimum atomic E-state index is -0.223. The number of ether oxygens (including phenoxy) is 1. The highest BCUT2D eigenvalue weighted by molar-refractivity contribution is 5.84. The second-order valence-corrected chi connectivity index (χ2v) is 6.97. The number of aromatic nitrogens is 4. The molecule has 1 N–H and O–H groups in total. The van der Waals surface area contributed by atoms with Crippen LogP contribution in [0.2, 0.25) is 0 Å². The fourth-order valence-electron chi connectivity index (χ4n) is 3.31. The summed E-state index contributed by atoms with van der Waals surface area (Å²) in [6.45, 7) is 8.20. The predicted molar refractivity (Wildman–Crippen MR) is 93.8 cm³/mol. The van der Waals surface area contributed by atoms with Gasteiger partial charge in [-0.05, 0) is 36.1 Å². The molecule has 1 aromatic heterocycles. The van der Waals surface area contributed by atoms with Crippen molar-refractivity contribution < 1.29 is 9.53 Å². The second-order valence-electron chi connectivity index (χ2n) is 6.97. The van der Waals surface area contributed by atoms with E-state index >= 15 is 0 Å². The summed E-state index contributed by atoms with van der Waals surface area (Å²) in [5.74, 6) is 0.989. The van der Waals surface area contributed by atoms with Crippen molar-refractivity contribution in [3.8, 4) is 11.4 Å². The van der Waals surface area contributed by atoms with Gasteiger partial charge in [-0.15, -0.1) is 10.2 Å². The van der Waals surface area contributed by atoms with Gasteiger partial charge in [0.25, 0.3) is 0 Å². The van der Waals surface area contributed by atoms with Gasteiger partial charge in [-0.1, -0.05) is 32.0 Å². The van der Waals surface area contributed by atoms with Crippen LogP contribution in [0.5, 0.6) is 0 Å². The van der Waals surface area contributed by atoms with Crippen molar-refractivity contribution in [2.45, 2.75) is 39.2 Å². The molecule has 1 unspecified atom stereocenters. The van der Waals surface area contributed by atoms with Gasteiger partial charge in [0.1, 0.15) is 0 Å². The summed E-state index contributed by atoms with van der Waals surface area (Å²) < 4.78 is 5.60. The van der Waals surface area contributed by atoms with Crippen LogP contribution in [0.3, 0.4) is 0 Å². The quantitative estimate of drug-likeness (QED) is 0.900. The number of aromatic amines is 1. The Morgan fingerprint density at radius 3 is 2.96 bits per heavy atom. The number of amides is 1. The summed E-state index contributed by atoms with van der Waals surface area (Å²) in [7, 11) is 0. The standard InChI is InChI=1S/C18H25N5O2/c1-12(2)9-16-11-25-8-7-23(16)18(24)13(3)14-5-4-6-15(10-14)17-19-21-22-20-17/h4-6,10,12-13,16H,7-9,11H2,1-3H3,(H,19,20,21,22)/t13?,16-/m0/s1. The van der Waals surface area contributed by atoms with Crippen LogP contribution in [0.1, 0.15) is 38.7 Å². The minimum absolute atomic E-state index is 0.152. The molecule has 2 heterocycles. The molecule has 0 spiro atoms. The molecule has 7 nitrogen and oxygen atoms in total. The van der Waals surface area contributed by atoms with E-state index < -0.39 is 0 Å². The zero-order valence-corrected chi connectivity index (χ0v) is 15.0. The Morgan fingerprint density at radius 1 is 1.40 bits per heavy atom. The van der Waals surface area contributed by atoms with Crippen molar-refractivity contribution in [3.05, 3.63) is 29.8 Å². The Kier molecular flexibility index (Phi) is 5.43. The van der Waals surface area contributed by atoms with E-state index in [2.05, 4.69) is 34.5 Å². The van der Waals surface area contributed by atoms with Crippen molar-refractivity contribution in [1.29, 1.82) is 0 Å². The number of H-pyrrole nitrogens is 1. The molecule has 3 rings (SSSR count). The van der Waals surface area contributed by atoms with E-state index in [1.54, 1.807) is 0 Å². The first-order valence-corrected chi connectivity index (χ1v) is 8.78. The third-order valence-corrected chi connectivity index (χ3v) is 4.61. The molecule has 134 valence electrons. The summed E-state index contributed by atoms with van der Waals surface area (Å²) >= 11 is 0. The molecule has 2 aromatic rings. The molecule has 1 aromatic carbocycles. The largest absolute Gasteiger partial charge is 0.377 e. The number of nitrogens with zero attached hydrogens (tertiary/aromatic N) is 4. The lowest BCUT2D eigenvalue weighted by Crippen LogP contribution is -2.50. The number of hydrogen-bond acceptors (Lipinski definition) is 5. The molecule has 0 bridgehead atoms. The first-order valence-electron chi connectivity index (χ1n) is 8.78. The van der Waals surface area contributed by atoms with Gasteiger partial charge in [-0.25, -0.2) is 0 Å². The van der Waals surface area contributed by atoms with Gasteiger partial charge in [0.15, 0.2) is 0 Å². The van der Waals surface area contributed by atoms with Crippen molar-refractivity contribution in [1.82, 2.24) is 25.5 Å². The molecule has 1 saturated heterocycles. The van der Waals surface area contributed by atoms with Crippen LogP contribution in [0.25, 0.3) is 11.4 Å². The van der Waals surface area contributed by atoms with E-state index in [1.807, 2.05) is 36.1 Å². The van der Waals surface area contributed by atoms with Gasteiger partial charge < -0.3 is 9.64 Å². The van der Waals surface area contributed by atoms with Crippen molar-refractivity contribution in [2.75, 3.05) is 19.8 Å². The van der Waals surface area contributed by atoms with Gasteiger partial charge in [-0.2, -0.15) is 5.21 Å². The first-order chi connectivity index (χ1) is 12.1. The van der Waals surface area contributed by atoms with Crippen LogP contribution in [-0.4, -0.2) is 57.2 Å². The maximum atomic E-state index is 13.1. The highest BCUT2D eigenvalue weighted by atomic mass is 16.5. The lowest BCUT2D eigenvalue weighted by Gasteiger charge is -2.38. The van der Waals surface area contributed by atoms with E-state index in [-0.39, 0.29) is 17.9 Å². The number of hydrogen-bond donors (Lipinski definition) is 1. The second kappa shape index (κ2) is 7.74. The number of nitrogens with one attached hydrogen (secondary N) is 1. The van der Waals surface area contributed by atoms with Gasteiger partial charge in [0.2, 0.25) is 11.7 Å². The van der Waals surface area contributed by atoms with E-state index in [1.165, 1.54) is 0 Å². The Hall–Kier alpha value is -2.28. The highest BCUT2D eigenvalue weighted by Crippen LogP contribution is 2.25. The predicted octanol–water partition coefficient (Wildman–Crippen LogP) is 2.24. The summed E-state index contributed by atoms with van der Waals surface area (Å²) in [4.78, 5) is 15.1. The van der Waals surface area contributed by atoms with Gasteiger partial charge in [-0.3, -0.25) is 4.79 Å². The summed E-state index contributed by atoms with van der Waals surface area (Å²) in [5.41, 5.74) is 1.81. The van der Waals surface area contributed by atoms with Crippen LogP contribution in [-0.2, 0) is 9.53 Å². The molecule has 7 heteroatoms. The molecule has 0 saturated carbocycles. The van der Waals surface area contributed by atoms with E-state index in [0.717, 1.165) is 17.5 Å². The molecule has 0 aliphatic carbocycles. The smallest absolute Gasteiger partial charge is 0.230 e. The average Bonchev–Trinajstić information content (AvgIpc) is 3.15. The molecular weight excluding hydrogens is 318 g/mol. The van der Waals surface area contributed by atoms with Crippen LogP contribution >= 0.6 is 0 Å². The Morgan fingerprint density at radius 2 is 2.24 bits per heavy atom. The molecular formula is C18H25N5O2. The van der Waals surface area contributed by atoms with Crippen molar-refractivity contribution in [2.24, 2.45) is 5.92 Å². The number of carbonyl (C=O) groups excluding carboxylic acids is 1. The number of morpholine rings is 1. The molecule has 1 fully saturated rings. The van der Waals surface area contributed by atoms with Crippen molar-refractivity contribution >= 4 is 5.91 Å². The fourth-order valence-corrected chi connectivity index (χ4v) is 3.31. The maximum absolute atomic E-state index is 13.1. The first kappa shape index (κ1) is 17.5. The molecule has 1 amide bonds. The molecule has 2 atom stereocenters. The highest BCUT2D eigenvalue weighted by Gasteiger charge is 2.31.